The van der Waals surface area contributed by atoms with E-state index < -0.39 is 0 Å². The molecule has 1 aliphatic heterocycles. The van der Waals surface area contributed by atoms with Crippen LogP contribution in [0.25, 0.3) is 22.2 Å². The number of para-hydroxylation sites is 1. The minimum atomic E-state index is -0.0899. The summed E-state index contributed by atoms with van der Waals surface area (Å²) < 4.78 is 5.24. The van der Waals surface area contributed by atoms with E-state index in [-0.39, 0.29) is 5.91 Å². The number of piperazine rings is 1. The second kappa shape index (κ2) is 7.96. The maximum Gasteiger partial charge on any atom is 0.266 e. The predicted molar refractivity (Wildman–Crippen MR) is 109 cm³/mol. The molecule has 0 radical (unpaired) electrons. The Morgan fingerprint density at radius 1 is 1.11 bits per heavy atom. The summed E-state index contributed by atoms with van der Waals surface area (Å²) in [5, 5.41) is 2.87. The van der Waals surface area contributed by atoms with E-state index in [2.05, 4.69) is 12.5 Å². The Kier molecular flexibility index (Phi) is 5.23. The first-order valence-corrected chi connectivity index (χ1v) is 9.55. The van der Waals surface area contributed by atoms with Crippen molar-refractivity contribution < 1.29 is 14.4 Å². The van der Waals surface area contributed by atoms with Gasteiger partial charge in [0, 0.05) is 10.9 Å². The SMILES string of the molecule is COc1ccc(-c2cc(C(=O)NN3CC[NH+](C)CC3)c3ccccc3n2)cc1. The molecule has 0 spiro atoms. The van der Waals surface area contributed by atoms with Crippen molar-refractivity contribution in [2.24, 2.45) is 0 Å². The molecule has 0 saturated carbocycles. The molecule has 1 aromatic heterocycles. The van der Waals surface area contributed by atoms with E-state index in [1.807, 2.05) is 59.6 Å². The molecule has 1 saturated heterocycles. The average molecular weight is 377 g/mol. The number of likely N-dealkylation sites (N-methyl/N-ethyl adjacent to an activating group) is 1. The Bertz CT molecular complexity index is 979. The molecule has 0 atom stereocenters. The molecule has 1 aliphatic rings. The lowest BCUT2D eigenvalue weighted by atomic mass is 10.0. The van der Waals surface area contributed by atoms with Gasteiger partial charge in [0.05, 0.1) is 57.1 Å². The fourth-order valence-electron chi connectivity index (χ4n) is 3.48. The number of pyridine rings is 1. The van der Waals surface area contributed by atoms with E-state index in [9.17, 15) is 4.79 Å². The maximum atomic E-state index is 13.1. The van der Waals surface area contributed by atoms with Crippen molar-refractivity contribution >= 4 is 16.8 Å². The molecule has 2 aromatic carbocycles. The van der Waals surface area contributed by atoms with Gasteiger partial charge in [-0.2, -0.15) is 0 Å². The third-order valence-electron chi connectivity index (χ3n) is 5.22. The smallest absolute Gasteiger partial charge is 0.266 e. The van der Waals surface area contributed by atoms with Crippen LogP contribution in [0.4, 0.5) is 0 Å². The van der Waals surface area contributed by atoms with Gasteiger partial charge in [0.25, 0.3) is 5.91 Å². The average Bonchev–Trinajstić information content (AvgIpc) is 2.74. The third kappa shape index (κ3) is 3.83. The number of aromatic nitrogens is 1. The Balaban J connectivity index is 1.68. The van der Waals surface area contributed by atoms with E-state index in [1.54, 1.807) is 7.11 Å². The molecular formula is C22H25N4O2+. The van der Waals surface area contributed by atoms with E-state index >= 15 is 0 Å². The highest BCUT2D eigenvalue weighted by Crippen LogP contribution is 2.26. The summed E-state index contributed by atoms with van der Waals surface area (Å²) in [4.78, 5) is 19.3. The summed E-state index contributed by atoms with van der Waals surface area (Å²) in [6, 6.07) is 17.4. The summed E-state index contributed by atoms with van der Waals surface area (Å²) in [7, 11) is 3.82. The lowest BCUT2D eigenvalue weighted by Gasteiger charge is -2.30. The molecule has 3 aromatic rings. The van der Waals surface area contributed by atoms with Crippen LogP contribution in [0.15, 0.2) is 54.6 Å². The summed E-state index contributed by atoms with van der Waals surface area (Å²) in [5.41, 5.74) is 6.25. The van der Waals surface area contributed by atoms with Crippen LogP contribution < -0.4 is 15.1 Å². The standard InChI is InChI=1S/C22H24N4O2/c1-25-11-13-26(14-12-25)24-22(27)19-15-21(16-7-9-17(28-2)10-8-16)23-20-6-4-3-5-18(19)20/h3-10,15H,11-14H2,1-2H3,(H,24,27)/p+1. The van der Waals surface area contributed by atoms with Crippen LogP contribution >= 0.6 is 0 Å². The number of ether oxygens (including phenoxy) is 1. The first-order chi connectivity index (χ1) is 13.6. The van der Waals surface area contributed by atoms with Crippen LogP contribution in [0.5, 0.6) is 5.75 Å². The van der Waals surface area contributed by atoms with Gasteiger partial charge < -0.3 is 9.64 Å². The lowest BCUT2D eigenvalue weighted by molar-refractivity contribution is -0.884. The van der Waals surface area contributed by atoms with Crippen molar-refractivity contribution in [2.75, 3.05) is 40.3 Å². The summed E-state index contributed by atoms with van der Waals surface area (Å²) in [5.74, 6) is 0.701. The van der Waals surface area contributed by atoms with Crippen molar-refractivity contribution in [1.82, 2.24) is 15.4 Å². The number of fused-ring (bicyclic) bond motifs is 1. The van der Waals surface area contributed by atoms with Gasteiger partial charge in [0.15, 0.2) is 0 Å². The molecule has 2 N–H and O–H groups in total. The first-order valence-electron chi connectivity index (χ1n) is 9.55. The zero-order chi connectivity index (χ0) is 19.5. The minimum Gasteiger partial charge on any atom is -0.497 e. The minimum absolute atomic E-state index is 0.0899. The zero-order valence-corrected chi connectivity index (χ0v) is 16.2. The second-order valence-electron chi connectivity index (χ2n) is 7.19. The number of nitrogens with zero attached hydrogens (tertiary/aromatic N) is 2. The van der Waals surface area contributed by atoms with Crippen molar-refractivity contribution in [3.05, 3.63) is 60.2 Å². The quantitative estimate of drug-likeness (QED) is 0.721. The van der Waals surface area contributed by atoms with Crippen LogP contribution in [0, 0.1) is 0 Å². The number of amides is 1. The monoisotopic (exact) mass is 377 g/mol. The molecule has 1 amide bonds. The van der Waals surface area contributed by atoms with Gasteiger partial charge in [-0.25, -0.2) is 9.99 Å². The molecule has 144 valence electrons. The maximum absolute atomic E-state index is 13.1. The van der Waals surface area contributed by atoms with Crippen LogP contribution in [-0.4, -0.2) is 56.2 Å². The van der Waals surface area contributed by atoms with Gasteiger partial charge in [0.1, 0.15) is 5.75 Å². The van der Waals surface area contributed by atoms with Gasteiger partial charge in [0.2, 0.25) is 0 Å². The number of carbonyl (C=O) groups is 1. The highest BCUT2D eigenvalue weighted by Gasteiger charge is 2.20. The third-order valence-corrected chi connectivity index (χ3v) is 5.22. The highest BCUT2D eigenvalue weighted by atomic mass is 16.5. The van der Waals surface area contributed by atoms with E-state index in [1.165, 1.54) is 4.90 Å². The first kappa shape index (κ1) is 18.4. The lowest BCUT2D eigenvalue weighted by Crippen LogP contribution is -3.12. The van der Waals surface area contributed by atoms with E-state index in [0.717, 1.165) is 54.1 Å². The molecule has 28 heavy (non-hydrogen) atoms. The number of benzene rings is 2. The Hall–Kier alpha value is -2.96. The number of hydrogen-bond acceptors (Lipinski definition) is 4. The van der Waals surface area contributed by atoms with Crippen molar-refractivity contribution in [3.8, 4) is 17.0 Å². The van der Waals surface area contributed by atoms with Crippen molar-refractivity contribution in [3.63, 3.8) is 0 Å². The molecule has 6 heteroatoms. The largest absolute Gasteiger partial charge is 0.497 e. The van der Waals surface area contributed by atoms with Crippen LogP contribution in [-0.2, 0) is 0 Å². The van der Waals surface area contributed by atoms with Crippen LogP contribution in [0.1, 0.15) is 10.4 Å². The zero-order valence-electron chi connectivity index (χ0n) is 16.2. The van der Waals surface area contributed by atoms with E-state index in [4.69, 9.17) is 9.72 Å². The normalized spacial score (nSPS) is 15.5. The fourth-order valence-corrected chi connectivity index (χ4v) is 3.48. The molecule has 0 aliphatic carbocycles. The molecule has 0 unspecified atom stereocenters. The molecule has 0 bridgehead atoms. The van der Waals surface area contributed by atoms with E-state index in [0.29, 0.717) is 5.56 Å². The van der Waals surface area contributed by atoms with Gasteiger partial charge >= 0.3 is 0 Å². The Morgan fingerprint density at radius 3 is 2.54 bits per heavy atom. The van der Waals surface area contributed by atoms with Gasteiger partial charge in [-0.3, -0.25) is 10.2 Å². The number of nitrogens with one attached hydrogen (secondary N) is 2. The van der Waals surface area contributed by atoms with Gasteiger partial charge in [-0.15, -0.1) is 0 Å². The van der Waals surface area contributed by atoms with Crippen LogP contribution in [0.3, 0.4) is 0 Å². The highest BCUT2D eigenvalue weighted by molar-refractivity contribution is 6.07. The molecule has 6 nitrogen and oxygen atoms in total. The second-order valence-corrected chi connectivity index (χ2v) is 7.19. The topological polar surface area (TPSA) is 58.9 Å². The number of hydrogen-bond donors (Lipinski definition) is 2. The Morgan fingerprint density at radius 2 is 1.82 bits per heavy atom. The number of rotatable bonds is 4. The summed E-state index contributed by atoms with van der Waals surface area (Å²) in [6.07, 6.45) is 0. The molecule has 4 rings (SSSR count). The van der Waals surface area contributed by atoms with Crippen molar-refractivity contribution in [2.45, 2.75) is 0 Å². The predicted octanol–water partition coefficient (Wildman–Crippen LogP) is 1.39. The van der Waals surface area contributed by atoms with Gasteiger partial charge in [-0.05, 0) is 36.4 Å². The summed E-state index contributed by atoms with van der Waals surface area (Å²) >= 11 is 0. The number of quaternary nitrogens is 1. The number of hydrazine groups is 1. The van der Waals surface area contributed by atoms with Crippen LogP contribution in [0.2, 0.25) is 0 Å². The molecule has 1 fully saturated rings. The molecule has 2 heterocycles. The van der Waals surface area contributed by atoms with Gasteiger partial charge in [-0.1, -0.05) is 18.2 Å². The Labute approximate surface area is 164 Å². The molecular weight excluding hydrogens is 352 g/mol. The number of methoxy groups -OCH3 is 1. The fraction of sp³-hybridized carbons (Fsp3) is 0.273. The number of carbonyl (C=O) groups excluding carboxylic acids is 1. The van der Waals surface area contributed by atoms with Crippen molar-refractivity contribution in [1.29, 1.82) is 0 Å². The summed E-state index contributed by atoms with van der Waals surface area (Å²) in [6.45, 7) is 3.75.